The second-order valence-corrected chi connectivity index (χ2v) is 7.80. The van der Waals surface area contributed by atoms with Crippen LogP contribution in [0.15, 0.2) is 46.1 Å². The van der Waals surface area contributed by atoms with Crippen LogP contribution in [0.5, 0.6) is 0 Å². The first-order valence-corrected chi connectivity index (χ1v) is 10.2. The number of hydrogen-bond donors (Lipinski definition) is 0. The van der Waals surface area contributed by atoms with Crippen molar-refractivity contribution in [1.29, 1.82) is 0 Å². The molecule has 0 bridgehead atoms. The Morgan fingerprint density at radius 2 is 1.79 bits per heavy atom. The van der Waals surface area contributed by atoms with Crippen molar-refractivity contribution in [2.24, 2.45) is 7.05 Å². The first kappa shape index (κ1) is 19.2. The number of imidazole rings is 2. The van der Waals surface area contributed by atoms with Gasteiger partial charge in [0.2, 0.25) is 5.78 Å². The van der Waals surface area contributed by atoms with Gasteiger partial charge < -0.3 is 4.57 Å². The van der Waals surface area contributed by atoms with Gasteiger partial charge in [0.05, 0.1) is 5.69 Å². The fraction of sp³-hybridized carbons (Fsp3) is 0.409. The summed E-state index contributed by atoms with van der Waals surface area (Å²) in [4.78, 5) is 30.8. The Morgan fingerprint density at radius 1 is 1.07 bits per heavy atom. The zero-order valence-corrected chi connectivity index (χ0v) is 17.4. The van der Waals surface area contributed by atoms with Crippen molar-refractivity contribution in [2.45, 2.75) is 52.6 Å². The third kappa shape index (κ3) is 3.01. The van der Waals surface area contributed by atoms with Crippen molar-refractivity contribution in [3.8, 4) is 11.3 Å². The molecule has 0 fully saturated rings. The van der Waals surface area contributed by atoms with Gasteiger partial charge in [-0.3, -0.25) is 18.3 Å². The van der Waals surface area contributed by atoms with Gasteiger partial charge in [0.15, 0.2) is 11.2 Å². The highest BCUT2D eigenvalue weighted by Gasteiger charge is 2.22. The van der Waals surface area contributed by atoms with Gasteiger partial charge in [-0.25, -0.2) is 4.79 Å². The molecule has 1 aromatic carbocycles. The lowest BCUT2D eigenvalue weighted by atomic mass is 10.1. The molecule has 3 heterocycles. The normalized spacial score (nSPS) is 11.9. The first-order valence-electron chi connectivity index (χ1n) is 10.2. The Hall–Kier alpha value is -3.09. The average molecular weight is 393 g/mol. The van der Waals surface area contributed by atoms with E-state index in [1.807, 2.05) is 28.8 Å². The van der Waals surface area contributed by atoms with E-state index in [4.69, 9.17) is 4.98 Å². The minimum Gasteiger partial charge on any atom is -0.307 e. The number of benzene rings is 1. The molecule has 0 aliphatic heterocycles. The molecule has 0 saturated carbocycles. The summed E-state index contributed by atoms with van der Waals surface area (Å²) in [6, 6.07) is 10.2. The Kier molecular flexibility index (Phi) is 4.90. The molecule has 0 unspecified atom stereocenters. The highest BCUT2D eigenvalue weighted by Crippen LogP contribution is 2.28. The zero-order valence-electron chi connectivity index (χ0n) is 17.4. The molecule has 0 radical (unpaired) electrons. The molecule has 0 aliphatic carbocycles. The van der Waals surface area contributed by atoms with Gasteiger partial charge in [0.1, 0.15) is 0 Å². The largest absolute Gasteiger partial charge is 0.332 e. The van der Waals surface area contributed by atoms with Crippen LogP contribution in [0.3, 0.4) is 0 Å². The smallest absolute Gasteiger partial charge is 0.307 e. The minimum absolute atomic E-state index is 0.142. The van der Waals surface area contributed by atoms with E-state index in [9.17, 15) is 9.59 Å². The highest BCUT2D eigenvalue weighted by molar-refractivity contribution is 5.78. The minimum atomic E-state index is -0.307. The summed E-state index contributed by atoms with van der Waals surface area (Å²) in [6.07, 6.45) is 4.78. The van der Waals surface area contributed by atoms with Gasteiger partial charge in [0, 0.05) is 25.8 Å². The molecule has 0 aliphatic rings. The monoisotopic (exact) mass is 393 g/mol. The van der Waals surface area contributed by atoms with Crippen molar-refractivity contribution in [2.75, 3.05) is 0 Å². The Balaban J connectivity index is 2.04. The van der Waals surface area contributed by atoms with Crippen LogP contribution in [0.2, 0.25) is 0 Å². The molecule has 0 amide bonds. The summed E-state index contributed by atoms with van der Waals surface area (Å²) >= 11 is 0. The van der Waals surface area contributed by atoms with Crippen LogP contribution in [-0.2, 0) is 13.6 Å². The maximum absolute atomic E-state index is 13.3. The Morgan fingerprint density at radius 3 is 2.45 bits per heavy atom. The van der Waals surface area contributed by atoms with Crippen molar-refractivity contribution in [1.82, 2.24) is 23.1 Å². The van der Waals surface area contributed by atoms with E-state index in [2.05, 4.69) is 37.5 Å². The van der Waals surface area contributed by atoms with Gasteiger partial charge in [-0.2, -0.15) is 4.98 Å². The number of aromatic nitrogens is 5. The lowest BCUT2D eigenvalue weighted by Crippen LogP contribution is -2.39. The molecular formula is C22H27N5O2. The van der Waals surface area contributed by atoms with E-state index < -0.39 is 0 Å². The molecule has 7 heteroatoms. The van der Waals surface area contributed by atoms with E-state index >= 15 is 0 Å². The van der Waals surface area contributed by atoms with Crippen molar-refractivity contribution >= 4 is 16.9 Å². The fourth-order valence-corrected chi connectivity index (χ4v) is 3.96. The van der Waals surface area contributed by atoms with Gasteiger partial charge in [-0.05, 0) is 25.8 Å². The molecule has 0 atom stereocenters. The number of fused-ring (bicyclic) bond motifs is 3. The average Bonchev–Trinajstić information content (AvgIpc) is 3.25. The number of hydrogen-bond acceptors (Lipinski definition) is 3. The van der Waals surface area contributed by atoms with E-state index in [1.165, 1.54) is 9.13 Å². The molecule has 7 nitrogen and oxygen atoms in total. The number of rotatable bonds is 6. The Labute approximate surface area is 168 Å². The van der Waals surface area contributed by atoms with Crippen LogP contribution in [0.4, 0.5) is 0 Å². The molecule has 3 aromatic heterocycles. The molecule has 0 spiro atoms. The fourth-order valence-electron chi connectivity index (χ4n) is 3.96. The molecule has 4 aromatic rings. The van der Waals surface area contributed by atoms with Crippen LogP contribution < -0.4 is 11.2 Å². The van der Waals surface area contributed by atoms with Crippen LogP contribution >= 0.6 is 0 Å². The van der Waals surface area contributed by atoms with Crippen LogP contribution in [0, 0.1) is 0 Å². The highest BCUT2D eigenvalue weighted by atomic mass is 16.2. The summed E-state index contributed by atoms with van der Waals surface area (Å²) in [6.45, 7) is 6.71. The lowest BCUT2D eigenvalue weighted by molar-refractivity contribution is 0.550. The molecule has 29 heavy (non-hydrogen) atoms. The van der Waals surface area contributed by atoms with Crippen molar-refractivity contribution in [3.63, 3.8) is 0 Å². The summed E-state index contributed by atoms with van der Waals surface area (Å²) in [7, 11) is 1.69. The predicted molar refractivity (Wildman–Crippen MR) is 116 cm³/mol. The summed E-state index contributed by atoms with van der Waals surface area (Å²) in [5.74, 6) is 0.673. The third-order valence-electron chi connectivity index (χ3n) is 5.45. The second kappa shape index (κ2) is 7.39. The lowest BCUT2D eigenvalue weighted by Gasteiger charge is -2.12. The second-order valence-electron chi connectivity index (χ2n) is 7.80. The van der Waals surface area contributed by atoms with Gasteiger partial charge in [-0.15, -0.1) is 0 Å². The van der Waals surface area contributed by atoms with Gasteiger partial charge in [-0.1, -0.05) is 50.1 Å². The maximum atomic E-state index is 13.3. The maximum Gasteiger partial charge on any atom is 0.332 e. The standard InChI is InChI=1S/C22H27N5O2/c1-5-6-10-13-25-20(28)18-19(24(4)22(25)29)23-21-26(18)14-17(27(21)15(2)3)16-11-8-7-9-12-16/h7-9,11-12,14-15H,5-6,10,13H2,1-4H3. The van der Waals surface area contributed by atoms with E-state index in [0.717, 1.165) is 30.5 Å². The van der Waals surface area contributed by atoms with Crippen molar-refractivity contribution < 1.29 is 0 Å². The van der Waals surface area contributed by atoms with E-state index in [1.54, 1.807) is 7.05 Å². The Bertz CT molecular complexity index is 1290. The molecular weight excluding hydrogens is 366 g/mol. The van der Waals surface area contributed by atoms with E-state index in [-0.39, 0.29) is 17.3 Å². The number of unbranched alkanes of at least 4 members (excludes halogenated alkanes) is 2. The first-order chi connectivity index (χ1) is 14.0. The SMILES string of the molecule is CCCCCn1c(=O)c2c(nc3n(C(C)C)c(-c4ccccc4)cn23)n(C)c1=O. The third-order valence-corrected chi connectivity index (χ3v) is 5.45. The summed E-state index contributed by atoms with van der Waals surface area (Å²) in [5.41, 5.74) is 2.36. The zero-order chi connectivity index (χ0) is 20.7. The topological polar surface area (TPSA) is 66.2 Å². The van der Waals surface area contributed by atoms with Crippen LogP contribution in [0.1, 0.15) is 46.1 Å². The molecule has 152 valence electrons. The number of aryl methyl sites for hydroxylation is 1. The van der Waals surface area contributed by atoms with Crippen LogP contribution in [-0.4, -0.2) is 23.1 Å². The summed E-state index contributed by atoms with van der Waals surface area (Å²) in [5, 5.41) is 0. The van der Waals surface area contributed by atoms with Gasteiger partial charge in [0.25, 0.3) is 5.56 Å². The quantitative estimate of drug-likeness (QED) is 0.470. The molecule has 0 N–H and O–H groups in total. The molecule has 4 rings (SSSR count). The summed E-state index contributed by atoms with van der Waals surface area (Å²) < 4.78 is 6.79. The van der Waals surface area contributed by atoms with Gasteiger partial charge >= 0.3 is 5.69 Å². The van der Waals surface area contributed by atoms with Crippen LogP contribution in [0.25, 0.3) is 28.2 Å². The van der Waals surface area contributed by atoms with Crippen molar-refractivity contribution in [3.05, 3.63) is 57.4 Å². The predicted octanol–water partition coefficient (Wildman–Crippen LogP) is 3.59. The van der Waals surface area contributed by atoms with E-state index in [0.29, 0.717) is 23.5 Å². The number of nitrogens with zero attached hydrogens (tertiary/aromatic N) is 5. The molecule has 0 saturated heterocycles.